The number of esters is 1. The van der Waals surface area contributed by atoms with Crippen LogP contribution < -0.4 is 14.9 Å². The first-order chi connectivity index (χ1) is 14.5. The van der Waals surface area contributed by atoms with Gasteiger partial charge in [0.25, 0.3) is 5.91 Å². The first-order valence-electron chi connectivity index (χ1n) is 9.09. The Bertz CT molecular complexity index is 1060. The molecule has 1 amide bonds. The highest BCUT2D eigenvalue weighted by atomic mass is 35.5. The molecule has 3 rings (SSSR count). The second-order valence-electron chi connectivity index (χ2n) is 6.34. The normalized spacial score (nSPS) is 10.6. The number of aryl methyl sites for hydroxylation is 1. The van der Waals surface area contributed by atoms with Crippen molar-refractivity contribution in [3.8, 4) is 11.5 Å². The Labute approximate surface area is 179 Å². The summed E-state index contributed by atoms with van der Waals surface area (Å²) < 4.78 is 10.7. The Morgan fingerprint density at radius 3 is 2.53 bits per heavy atom. The fourth-order valence-corrected chi connectivity index (χ4v) is 2.65. The lowest BCUT2D eigenvalue weighted by molar-refractivity contribution is -0.123. The van der Waals surface area contributed by atoms with Gasteiger partial charge in [-0.15, -0.1) is 0 Å². The van der Waals surface area contributed by atoms with Crippen molar-refractivity contribution in [2.75, 3.05) is 6.61 Å². The molecule has 0 aliphatic carbocycles. The molecule has 3 aromatic rings. The number of carbonyl (C=O) groups is 2. The Hall–Kier alpha value is -3.64. The van der Waals surface area contributed by atoms with E-state index in [0.29, 0.717) is 22.1 Å². The van der Waals surface area contributed by atoms with Gasteiger partial charge in [-0.25, -0.2) is 10.2 Å². The van der Waals surface area contributed by atoms with Crippen LogP contribution in [0.1, 0.15) is 21.5 Å². The van der Waals surface area contributed by atoms with Crippen LogP contribution in [0.5, 0.6) is 11.5 Å². The highest BCUT2D eigenvalue weighted by molar-refractivity contribution is 6.33. The molecule has 0 saturated carbocycles. The molecule has 0 aliphatic heterocycles. The van der Waals surface area contributed by atoms with Crippen molar-refractivity contribution in [2.24, 2.45) is 5.10 Å². The van der Waals surface area contributed by atoms with Crippen LogP contribution in [-0.4, -0.2) is 24.7 Å². The van der Waals surface area contributed by atoms with Crippen molar-refractivity contribution in [2.45, 2.75) is 6.92 Å². The Balaban J connectivity index is 1.52. The largest absolute Gasteiger partial charge is 0.484 e. The molecule has 0 unspecified atom stereocenters. The molecule has 0 atom stereocenters. The van der Waals surface area contributed by atoms with Crippen LogP contribution in [0.2, 0.25) is 5.02 Å². The third-order valence-corrected chi connectivity index (χ3v) is 4.29. The number of hydrogen-bond donors (Lipinski definition) is 1. The topological polar surface area (TPSA) is 77.0 Å². The molecular formula is C23H19ClN2O4. The minimum Gasteiger partial charge on any atom is -0.484 e. The second-order valence-corrected chi connectivity index (χ2v) is 6.74. The van der Waals surface area contributed by atoms with Crippen LogP contribution in [0.15, 0.2) is 77.9 Å². The zero-order valence-corrected chi connectivity index (χ0v) is 16.9. The predicted molar refractivity (Wildman–Crippen MR) is 115 cm³/mol. The molecule has 0 spiro atoms. The molecule has 6 nitrogen and oxygen atoms in total. The highest BCUT2D eigenvalue weighted by Gasteiger charge is 2.12. The van der Waals surface area contributed by atoms with Gasteiger partial charge in [0.2, 0.25) is 0 Å². The lowest BCUT2D eigenvalue weighted by Gasteiger charge is -2.06. The van der Waals surface area contributed by atoms with Gasteiger partial charge in [-0.3, -0.25) is 4.79 Å². The summed E-state index contributed by atoms with van der Waals surface area (Å²) in [7, 11) is 0. The van der Waals surface area contributed by atoms with Gasteiger partial charge < -0.3 is 9.47 Å². The Kier molecular flexibility index (Phi) is 7.19. The Morgan fingerprint density at radius 1 is 1.00 bits per heavy atom. The van der Waals surface area contributed by atoms with Gasteiger partial charge in [0, 0.05) is 0 Å². The molecule has 3 aromatic carbocycles. The van der Waals surface area contributed by atoms with Crippen molar-refractivity contribution in [1.29, 1.82) is 0 Å². The quantitative estimate of drug-likeness (QED) is 0.265. The zero-order chi connectivity index (χ0) is 21.3. The first kappa shape index (κ1) is 21.1. The standard InChI is InChI=1S/C23H19ClN2O4/c1-16-9-11-18(12-10-16)29-15-22(27)26-25-14-17-5-4-6-19(13-17)30-23(28)20-7-2-3-8-21(20)24/h2-14H,15H2,1H3,(H,26,27)/b25-14+. The van der Waals surface area contributed by atoms with Crippen LogP contribution >= 0.6 is 11.6 Å². The number of benzene rings is 3. The minimum absolute atomic E-state index is 0.157. The number of hydrogen-bond acceptors (Lipinski definition) is 5. The highest BCUT2D eigenvalue weighted by Crippen LogP contribution is 2.19. The first-order valence-corrected chi connectivity index (χ1v) is 9.47. The molecule has 0 radical (unpaired) electrons. The Morgan fingerprint density at radius 2 is 1.77 bits per heavy atom. The predicted octanol–water partition coefficient (Wildman–Crippen LogP) is 4.40. The van der Waals surface area contributed by atoms with Gasteiger partial charge in [0.1, 0.15) is 11.5 Å². The molecule has 1 N–H and O–H groups in total. The summed E-state index contributed by atoms with van der Waals surface area (Å²) in [4.78, 5) is 24.1. The van der Waals surface area contributed by atoms with Gasteiger partial charge in [0.15, 0.2) is 6.61 Å². The molecule has 152 valence electrons. The number of nitrogens with one attached hydrogen (secondary N) is 1. The van der Waals surface area contributed by atoms with Crippen molar-refractivity contribution >= 4 is 29.7 Å². The monoisotopic (exact) mass is 422 g/mol. The van der Waals surface area contributed by atoms with E-state index >= 15 is 0 Å². The smallest absolute Gasteiger partial charge is 0.345 e. The van der Waals surface area contributed by atoms with Crippen LogP contribution in [0.3, 0.4) is 0 Å². The molecule has 30 heavy (non-hydrogen) atoms. The van der Waals surface area contributed by atoms with E-state index in [4.69, 9.17) is 21.1 Å². The van der Waals surface area contributed by atoms with E-state index in [9.17, 15) is 9.59 Å². The van der Waals surface area contributed by atoms with Crippen LogP contribution in [0.4, 0.5) is 0 Å². The summed E-state index contributed by atoms with van der Waals surface area (Å²) in [5.74, 6) is -0.0185. The van der Waals surface area contributed by atoms with E-state index in [2.05, 4.69) is 10.5 Å². The average Bonchev–Trinajstić information content (AvgIpc) is 2.74. The van der Waals surface area contributed by atoms with Crippen molar-refractivity contribution in [3.05, 3.63) is 94.5 Å². The van der Waals surface area contributed by atoms with Crippen molar-refractivity contribution < 1.29 is 19.1 Å². The van der Waals surface area contributed by atoms with Crippen LogP contribution in [0.25, 0.3) is 0 Å². The fourth-order valence-electron chi connectivity index (χ4n) is 2.44. The van der Waals surface area contributed by atoms with Gasteiger partial charge >= 0.3 is 5.97 Å². The number of hydrazone groups is 1. The summed E-state index contributed by atoms with van der Waals surface area (Å²) in [6.07, 6.45) is 1.44. The van der Waals surface area contributed by atoms with Gasteiger partial charge in [-0.05, 0) is 48.9 Å². The number of carbonyl (C=O) groups excluding carboxylic acids is 2. The van der Waals surface area contributed by atoms with E-state index in [1.807, 2.05) is 19.1 Å². The maximum atomic E-state index is 12.2. The number of rotatable bonds is 7. The van der Waals surface area contributed by atoms with E-state index in [1.165, 1.54) is 6.21 Å². The van der Waals surface area contributed by atoms with Crippen LogP contribution in [0, 0.1) is 6.92 Å². The SMILES string of the molecule is Cc1ccc(OCC(=O)N/N=C/c2cccc(OC(=O)c3ccccc3Cl)c2)cc1. The zero-order valence-electron chi connectivity index (χ0n) is 16.2. The summed E-state index contributed by atoms with van der Waals surface area (Å²) in [6.45, 7) is 1.81. The molecule has 0 saturated heterocycles. The molecule has 0 bridgehead atoms. The van der Waals surface area contributed by atoms with Crippen molar-refractivity contribution in [3.63, 3.8) is 0 Å². The third kappa shape index (κ3) is 6.18. The lowest BCUT2D eigenvalue weighted by Crippen LogP contribution is -2.24. The van der Waals surface area contributed by atoms with E-state index in [0.717, 1.165) is 5.56 Å². The van der Waals surface area contributed by atoms with Crippen LogP contribution in [-0.2, 0) is 4.79 Å². The van der Waals surface area contributed by atoms with Gasteiger partial charge in [0.05, 0.1) is 16.8 Å². The average molecular weight is 423 g/mol. The molecular weight excluding hydrogens is 404 g/mol. The number of halogens is 1. The van der Waals surface area contributed by atoms with E-state index in [1.54, 1.807) is 60.7 Å². The summed E-state index contributed by atoms with van der Waals surface area (Å²) >= 11 is 6.01. The number of nitrogens with zero attached hydrogens (tertiary/aromatic N) is 1. The van der Waals surface area contributed by atoms with E-state index < -0.39 is 11.9 Å². The molecule has 7 heteroatoms. The molecule has 0 fully saturated rings. The molecule has 0 heterocycles. The minimum atomic E-state index is -0.559. The lowest BCUT2D eigenvalue weighted by atomic mass is 10.2. The summed E-state index contributed by atoms with van der Waals surface area (Å²) in [6, 6.07) is 20.7. The van der Waals surface area contributed by atoms with Gasteiger partial charge in [-0.2, -0.15) is 5.10 Å². The molecule has 0 aliphatic rings. The van der Waals surface area contributed by atoms with E-state index in [-0.39, 0.29) is 12.2 Å². The summed E-state index contributed by atoms with van der Waals surface area (Å²) in [5.41, 5.74) is 4.41. The summed E-state index contributed by atoms with van der Waals surface area (Å²) in [5, 5.41) is 4.21. The number of ether oxygens (including phenoxy) is 2. The maximum absolute atomic E-state index is 12.2. The van der Waals surface area contributed by atoms with Crippen molar-refractivity contribution in [1.82, 2.24) is 5.43 Å². The number of amides is 1. The second kappa shape index (κ2) is 10.2. The maximum Gasteiger partial charge on any atom is 0.345 e. The molecule has 0 aromatic heterocycles. The fraction of sp³-hybridized carbons (Fsp3) is 0.0870. The van der Waals surface area contributed by atoms with Gasteiger partial charge in [-0.1, -0.05) is 53.6 Å². The third-order valence-electron chi connectivity index (χ3n) is 3.96.